The lowest BCUT2D eigenvalue weighted by atomic mass is 10.0. The second-order valence-electron chi connectivity index (χ2n) is 7.11. The molecule has 0 spiro atoms. The van der Waals surface area contributed by atoms with Crippen molar-refractivity contribution in [3.63, 3.8) is 0 Å². The molecule has 1 fully saturated rings. The van der Waals surface area contributed by atoms with Gasteiger partial charge in [0.25, 0.3) is 0 Å². The number of benzene rings is 2. The number of anilines is 1. The Morgan fingerprint density at radius 3 is 2.40 bits per heavy atom. The van der Waals surface area contributed by atoms with E-state index in [0.717, 1.165) is 25.2 Å². The zero-order valence-electron chi connectivity index (χ0n) is 15.0. The topological polar surface area (TPSA) is 19.4 Å². The van der Waals surface area contributed by atoms with E-state index in [2.05, 4.69) is 83.2 Å². The maximum Gasteiger partial charge on any atom is 0.0722 e. The third-order valence-corrected chi connectivity index (χ3v) is 5.27. The predicted octanol–water partition coefficient (Wildman–Crippen LogP) is 4.33. The van der Waals surface area contributed by atoms with Crippen LogP contribution in [-0.4, -0.2) is 35.1 Å². The lowest BCUT2D eigenvalue weighted by molar-refractivity contribution is 0.123. The van der Waals surface area contributed by atoms with E-state index >= 15 is 0 Å². The van der Waals surface area contributed by atoms with Gasteiger partial charge in [0.1, 0.15) is 0 Å². The summed E-state index contributed by atoms with van der Waals surface area (Å²) in [4.78, 5) is 9.66. The van der Waals surface area contributed by atoms with Gasteiger partial charge in [-0.2, -0.15) is 0 Å². The van der Waals surface area contributed by atoms with Crippen molar-refractivity contribution in [3.05, 3.63) is 72.4 Å². The molecule has 0 bridgehead atoms. The Balaban J connectivity index is 1.57. The molecule has 2 heterocycles. The predicted molar refractivity (Wildman–Crippen MR) is 105 cm³/mol. The molecule has 25 heavy (non-hydrogen) atoms. The fourth-order valence-electron chi connectivity index (χ4n) is 4.02. The Morgan fingerprint density at radius 1 is 0.880 bits per heavy atom. The highest BCUT2D eigenvalue weighted by atomic mass is 15.3. The summed E-state index contributed by atoms with van der Waals surface area (Å²) in [6, 6.07) is 22.5. The quantitative estimate of drug-likeness (QED) is 0.712. The summed E-state index contributed by atoms with van der Waals surface area (Å²) in [6.45, 7) is 7.80. The SMILES string of the molecule is CC1CN(c2cccc3ncccc23)CC(C)N1Cc1ccccc1. The first-order chi connectivity index (χ1) is 12.2. The van der Waals surface area contributed by atoms with E-state index in [-0.39, 0.29) is 0 Å². The lowest BCUT2D eigenvalue weighted by Crippen LogP contribution is -2.56. The van der Waals surface area contributed by atoms with E-state index < -0.39 is 0 Å². The molecule has 0 N–H and O–H groups in total. The van der Waals surface area contributed by atoms with E-state index in [1.54, 1.807) is 0 Å². The molecular formula is C22H25N3. The number of aromatic nitrogens is 1. The molecule has 2 unspecified atom stereocenters. The van der Waals surface area contributed by atoms with E-state index in [9.17, 15) is 0 Å². The van der Waals surface area contributed by atoms with Crippen LogP contribution < -0.4 is 4.90 Å². The van der Waals surface area contributed by atoms with Crippen molar-refractivity contribution < 1.29 is 0 Å². The van der Waals surface area contributed by atoms with Gasteiger partial charge in [0.15, 0.2) is 0 Å². The summed E-state index contributed by atoms with van der Waals surface area (Å²) < 4.78 is 0. The Hall–Kier alpha value is -2.39. The molecule has 128 valence electrons. The number of fused-ring (bicyclic) bond motifs is 1. The first-order valence-electron chi connectivity index (χ1n) is 9.11. The molecule has 3 aromatic rings. The summed E-state index contributed by atoms with van der Waals surface area (Å²) in [7, 11) is 0. The van der Waals surface area contributed by atoms with Crippen molar-refractivity contribution in [2.45, 2.75) is 32.5 Å². The molecule has 3 heteroatoms. The maximum absolute atomic E-state index is 4.51. The van der Waals surface area contributed by atoms with Gasteiger partial charge in [-0.3, -0.25) is 9.88 Å². The van der Waals surface area contributed by atoms with Gasteiger partial charge >= 0.3 is 0 Å². The number of hydrogen-bond acceptors (Lipinski definition) is 3. The molecule has 1 saturated heterocycles. The molecule has 0 saturated carbocycles. The van der Waals surface area contributed by atoms with Gasteiger partial charge in [-0.05, 0) is 43.7 Å². The fraction of sp³-hybridized carbons (Fsp3) is 0.318. The van der Waals surface area contributed by atoms with Crippen molar-refractivity contribution in [1.82, 2.24) is 9.88 Å². The van der Waals surface area contributed by atoms with Crippen molar-refractivity contribution in [2.24, 2.45) is 0 Å². The first-order valence-corrected chi connectivity index (χ1v) is 9.11. The molecule has 0 aliphatic carbocycles. The third-order valence-electron chi connectivity index (χ3n) is 5.27. The van der Waals surface area contributed by atoms with Gasteiger partial charge in [-0.1, -0.05) is 36.4 Å². The zero-order chi connectivity index (χ0) is 17.2. The van der Waals surface area contributed by atoms with Crippen LogP contribution in [0.15, 0.2) is 66.9 Å². The van der Waals surface area contributed by atoms with Gasteiger partial charge in [0.05, 0.1) is 5.52 Å². The average molecular weight is 331 g/mol. The number of piperazine rings is 1. The number of pyridine rings is 1. The minimum Gasteiger partial charge on any atom is -0.368 e. The minimum absolute atomic E-state index is 0.510. The van der Waals surface area contributed by atoms with Crippen LogP contribution in [0, 0.1) is 0 Å². The molecule has 4 rings (SSSR count). The smallest absolute Gasteiger partial charge is 0.0722 e. The largest absolute Gasteiger partial charge is 0.368 e. The standard InChI is InChI=1S/C22H25N3/c1-17-14-24(22-12-6-11-21-20(22)10-7-13-23-21)15-18(2)25(17)16-19-8-4-3-5-9-19/h3-13,17-18H,14-16H2,1-2H3. The normalized spacial score (nSPS) is 21.6. The van der Waals surface area contributed by atoms with Crippen LogP contribution in [0.2, 0.25) is 0 Å². The molecule has 3 nitrogen and oxygen atoms in total. The Bertz CT molecular complexity index is 829. The second-order valence-corrected chi connectivity index (χ2v) is 7.11. The van der Waals surface area contributed by atoms with Crippen molar-refractivity contribution in [2.75, 3.05) is 18.0 Å². The van der Waals surface area contributed by atoms with Crippen LogP contribution in [0.5, 0.6) is 0 Å². The number of rotatable bonds is 3. The van der Waals surface area contributed by atoms with Crippen LogP contribution >= 0.6 is 0 Å². The Labute approximate surface area is 149 Å². The van der Waals surface area contributed by atoms with Gasteiger partial charge in [0.2, 0.25) is 0 Å². The van der Waals surface area contributed by atoms with Gasteiger partial charge in [-0.25, -0.2) is 0 Å². The van der Waals surface area contributed by atoms with Gasteiger partial charge in [0, 0.05) is 49.0 Å². The van der Waals surface area contributed by atoms with Crippen LogP contribution in [0.1, 0.15) is 19.4 Å². The summed E-state index contributed by atoms with van der Waals surface area (Å²) >= 11 is 0. The van der Waals surface area contributed by atoms with E-state index in [1.807, 2.05) is 12.3 Å². The van der Waals surface area contributed by atoms with Crippen LogP contribution in [0.3, 0.4) is 0 Å². The highest BCUT2D eigenvalue weighted by Crippen LogP contribution is 2.29. The highest BCUT2D eigenvalue weighted by Gasteiger charge is 2.30. The first kappa shape index (κ1) is 16.1. The zero-order valence-corrected chi connectivity index (χ0v) is 15.0. The van der Waals surface area contributed by atoms with E-state index in [1.165, 1.54) is 16.6 Å². The van der Waals surface area contributed by atoms with Crippen molar-refractivity contribution in [3.8, 4) is 0 Å². The lowest BCUT2D eigenvalue weighted by Gasteiger charge is -2.45. The van der Waals surface area contributed by atoms with Gasteiger partial charge < -0.3 is 4.90 Å². The summed E-state index contributed by atoms with van der Waals surface area (Å²) in [6.07, 6.45) is 1.87. The molecular weight excluding hydrogens is 306 g/mol. The Kier molecular flexibility index (Phi) is 4.41. The fourth-order valence-corrected chi connectivity index (χ4v) is 4.02. The maximum atomic E-state index is 4.51. The van der Waals surface area contributed by atoms with Crippen molar-refractivity contribution >= 4 is 16.6 Å². The average Bonchev–Trinajstić information content (AvgIpc) is 2.65. The number of hydrogen-bond donors (Lipinski definition) is 0. The van der Waals surface area contributed by atoms with Gasteiger partial charge in [-0.15, -0.1) is 0 Å². The molecule has 2 aromatic carbocycles. The molecule has 0 amide bonds. The van der Waals surface area contributed by atoms with Crippen LogP contribution in [0.25, 0.3) is 10.9 Å². The molecule has 2 atom stereocenters. The summed E-state index contributed by atoms with van der Waals surface area (Å²) in [5, 5.41) is 1.25. The molecule has 0 radical (unpaired) electrons. The summed E-state index contributed by atoms with van der Waals surface area (Å²) in [5.41, 5.74) is 3.78. The molecule has 1 aliphatic heterocycles. The van der Waals surface area contributed by atoms with E-state index in [4.69, 9.17) is 0 Å². The summed E-state index contributed by atoms with van der Waals surface area (Å²) in [5.74, 6) is 0. The van der Waals surface area contributed by atoms with E-state index in [0.29, 0.717) is 12.1 Å². The number of nitrogens with zero attached hydrogens (tertiary/aromatic N) is 3. The molecule has 1 aromatic heterocycles. The third kappa shape index (κ3) is 3.24. The molecule has 1 aliphatic rings. The second kappa shape index (κ2) is 6.85. The van der Waals surface area contributed by atoms with Crippen LogP contribution in [-0.2, 0) is 6.54 Å². The van der Waals surface area contributed by atoms with Crippen LogP contribution in [0.4, 0.5) is 5.69 Å². The van der Waals surface area contributed by atoms with Crippen molar-refractivity contribution in [1.29, 1.82) is 0 Å². The Morgan fingerprint density at radius 2 is 1.64 bits per heavy atom. The minimum atomic E-state index is 0.510. The monoisotopic (exact) mass is 331 g/mol. The highest BCUT2D eigenvalue weighted by molar-refractivity contribution is 5.91.